The van der Waals surface area contributed by atoms with Crippen molar-refractivity contribution in [2.24, 2.45) is 5.92 Å². The van der Waals surface area contributed by atoms with Gasteiger partial charge in [-0.3, -0.25) is 4.79 Å². The zero-order chi connectivity index (χ0) is 13.5. The van der Waals surface area contributed by atoms with Gasteiger partial charge in [-0.2, -0.15) is 0 Å². The zero-order valence-electron chi connectivity index (χ0n) is 11.0. The molecule has 0 atom stereocenters. The molecule has 0 fully saturated rings. The second-order valence-corrected chi connectivity index (χ2v) is 5.51. The van der Waals surface area contributed by atoms with Crippen molar-refractivity contribution >= 4 is 21.7 Å². The molecular formula is C15H20BrFO. The highest BCUT2D eigenvalue weighted by molar-refractivity contribution is 9.10. The number of rotatable bonds is 7. The van der Waals surface area contributed by atoms with Gasteiger partial charge < -0.3 is 0 Å². The van der Waals surface area contributed by atoms with E-state index in [1.165, 1.54) is 12.1 Å². The maximum Gasteiger partial charge on any atom is 0.140 e. The van der Waals surface area contributed by atoms with Crippen LogP contribution in [0.4, 0.5) is 4.39 Å². The average Bonchev–Trinajstić information content (AvgIpc) is 2.32. The van der Waals surface area contributed by atoms with Crippen molar-refractivity contribution in [3.05, 3.63) is 34.1 Å². The topological polar surface area (TPSA) is 17.1 Å². The van der Waals surface area contributed by atoms with E-state index in [0.29, 0.717) is 10.9 Å². The standard InChI is InChI=1S/C15H20BrFO/c1-3-5-11(6-4-2)15(18)9-12-7-8-13(17)10-14(12)16/h7-8,10-11H,3-6,9H2,1-2H3. The monoisotopic (exact) mass is 314 g/mol. The minimum absolute atomic E-state index is 0.150. The Labute approximate surface area is 117 Å². The number of carbonyl (C=O) groups excluding carboxylic acids is 1. The molecule has 0 aromatic heterocycles. The molecule has 0 heterocycles. The second-order valence-electron chi connectivity index (χ2n) is 4.65. The molecule has 0 N–H and O–H groups in total. The number of benzene rings is 1. The van der Waals surface area contributed by atoms with Gasteiger partial charge in [0.15, 0.2) is 0 Å². The quantitative estimate of drug-likeness (QED) is 0.698. The fraction of sp³-hybridized carbons (Fsp3) is 0.533. The molecule has 0 aliphatic rings. The molecule has 0 radical (unpaired) electrons. The lowest BCUT2D eigenvalue weighted by molar-refractivity contribution is -0.122. The Hall–Kier alpha value is -0.700. The zero-order valence-corrected chi connectivity index (χ0v) is 12.6. The second kappa shape index (κ2) is 7.67. The van der Waals surface area contributed by atoms with Crippen LogP contribution in [-0.2, 0) is 11.2 Å². The van der Waals surface area contributed by atoms with Crippen molar-refractivity contribution in [3.8, 4) is 0 Å². The summed E-state index contributed by atoms with van der Waals surface area (Å²) in [6, 6.07) is 4.51. The van der Waals surface area contributed by atoms with Crippen LogP contribution in [0.5, 0.6) is 0 Å². The van der Waals surface area contributed by atoms with Crippen molar-refractivity contribution in [2.75, 3.05) is 0 Å². The van der Waals surface area contributed by atoms with Gasteiger partial charge in [0.1, 0.15) is 11.6 Å². The van der Waals surface area contributed by atoms with Crippen molar-refractivity contribution in [2.45, 2.75) is 46.0 Å². The molecule has 1 aromatic rings. The Kier molecular flexibility index (Phi) is 6.55. The van der Waals surface area contributed by atoms with Gasteiger partial charge in [0.05, 0.1) is 0 Å². The van der Waals surface area contributed by atoms with Crippen LogP contribution in [0.3, 0.4) is 0 Å². The van der Waals surface area contributed by atoms with Crippen LogP contribution in [0.1, 0.15) is 45.1 Å². The summed E-state index contributed by atoms with van der Waals surface area (Å²) in [6.45, 7) is 4.20. The van der Waals surface area contributed by atoms with E-state index >= 15 is 0 Å². The third kappa shape index (κ3) is 4.52. The molecule has 0 spiro atoms. The molecule has 1 rings (SSSR count). The SMILES string of the molecule is CCCC(CCC)C(=O)Cc1ccc(F)cc1Br. The van der Waals surface area contributed by atoms with E-state index < -0.39 is 0 Å². The Morgan fingerprint density at radius 2 is 1.89 bits per heavy atom. The molecule has 0 aliphatic carbocycles. The predicted molar refractivity (Wildman–Crippen MR) is 76.1 cm³/mol. The molecule has 1 nitrogen and oxygen atoms in total. The number of carbonyl (C=O) groups is 1. The van der Waals surface area contributed by atoms with E-state index in [4.69, 9.17) is 0 Å². The fourth-order valence-electron chi connectivity index (χ4n) is 2.16. The average molecular weight is 315 g/mol. The Bertz CT molecular complexity index is 397. The first kappa shape index (κ1) is 15.4. The molecule has 0 saturated carbocycles. The van der Waals surface area contributed by atoms with E-state index in [9.17, 15) is 9.18 Å². The van der Waals surface area contributed by atoms with E-state index in [-0.39, 0.29) is 17.5 Å². The minimum Gasteiger partial charge on any atom is -0.299 e. The van der Waals surface area contributed by atoms with Crippen molar-refractivity contribution in [1.29, 1.82) is 0 Å². The molecule has 0 amide bonds. The van der Waals surface area contributed by atoms with Gasteiger partial charge in [-0.25, -0.2) is 4.39 Å². The molecule has 0 aliphatic heterocycles. The van der Waals surface area contributed by atoms with Crippen LogP contribution >= 0.6 is 15.9 Å². The van der Waals surface area contributed by atoms with Crippen LogP contribution in [0.25, 0.3) is 0 Å². The van der Waals surface area contributed by atoms with Crippen LogP contribution in [0.2, 0.25) is 0 Å². The highest BCUT2D eigenvalue weighted by Gasteiger charge is 2.17. The highest BCUT2D eigenvalue weighted by atomic mass is 79.9. The summed E-state index contributed by atoms with van der Waals surface area (Å²) in [6.07, 6.45) is 4.35. The molecule has 3 heteroatoms. The summed E-state index contributed by atoms with van der Waals surface area (Å²) >= 11 is 3.31. The molecule has 0 bridgehead atoms. The van der Waals surface area contributed by atoms with Crippen molar-refractivity contribution in [1.82, 2.24) is 0 Å². The number of Topliss-reactive ketones (excluding diaryl/α,β-unsaturated/α-hetero) is 1. The molecular weight excluding hydrogens is 295 g/mol. The number of halogens is 2. The summed E-state index contributed by atoms with van der Waals surface area (Å²) in [5.41, 5.74) is 0.874. The normalized spacial score (nSPS) is 10.9. The van der Waals surface area contributed by atoms with E-state index in [2.05, 4.69) is 29.8 Å². The van der Waals surface area contributed by atoms with Gasteiger partial charge in [0.25, 0.3) is 0 Å². The number of hydrogen-bond donors (Lipinski definition) is 0. The van der Waals surface area contributed by atoms with Crippen LogP contribution < -0.4 is 0 Å². The van der Waals surface area contributed by atoms with Crippen LogP contribution in [-0.4, -0.2) is 5.78 Å². The van der Waals surface area contributed by atoms with Crippen molar-refractivity contribution < 1.29 is 9.18 Å². The summed E-state index contributed by atoms with van der Waals surface area (Å²) in [4.78, 5) is 12.2. The van der Waals surface area contributed by atoms with Gasteiger partial charge in [-0.15, -0.1) is 0 Å². The molecule has 0 saturated heterocycles. The third-order valence-electron chi connectivity index (χ3n) is 3.11. The molecule has 1 aromatic carbocycles. The van der Waals surface area contributed by atoms with Gasteiger partial charge in [-0.05, 0) is 30.5 Å². The van der Waals surface area contributed by atoms with Gasteiger partial charge >= 0.3 is 0 Å². The summed E-state index contributed by atoms with van der Waals surface area (Å²) in [5, 5.41) is 0. The largest absolute Gasteiger partial charge is 0.299 e. The van der Waals surface area contributed by atoms with Crippen molar-refractivity contribution in [3.63, 3.8) is 0 Å². The Balaban J connectivity index is 2.72. The first-order chi connectivity index (χ1) is 8.58. The summed E-state index contributed by atoms with van der Waals surface area (Å²) in [7, 11) is 0. The van der Waals surface area contributed by atoms with Gasteiger partial charge in [-0.1, -0.05) is 48.7 Å². The number of ketones is 1. The summed E-state index contributed by atoms with van der Waals surface area (Å²) < 4.78 is 13.7. The lowest BCUT2D eigenvalue weighted by atomic mass is 9.90. The molecule has 18 heavy (non-hydrogen) atoms. The lowest BCUT2D eigenvalue weighted by Crippen LogP contribution is -2.17. The third-order valence-corrected chi connectivity index (χ3v) is 3.85. The molecule has 100 valence electrons. The van der Waals surface area contributed by atoms with Gasteiger partial charge in [0, 0.05) is 16.8 Å². The Morgan fingerprint density at radius 1 is 1.28 bits per heavy atom. The van der Waals surface area contributed by atoms with E-state index in [0.717, 1.165) is 31.2 Å². The molecule has 0 unspecified atom stereocenters. The van der Waals surface area contributed by atoms with E-state index in [1.807, 2.05) is 0 Å². The Morgan fingerprint density at radius 3 is 2.39 bits per heavy atom. The highest BCUT2D eigenvalue weighted by Crippen LogP contribution is 2.22. The first-order valence-corrected chi connectivity index (χ1v) is 7.34. The minimum atomic E-state index is -0.281. The number of hydrogen-bond acceptors (Lipinski definition) is 1. The fourth-order valence-corrected chi connectivity index (χ4v) is 2.65. The lowest BCUT2D eigenvalue weighted by Gasteiger charge is -2.14. The van der Waals surface area contributed by atoms with E-state index in [1.54, 1.807) is 6.07 Å². The summed E-state index contributed by atoms with van der Waals surface area (Å²) in [5.74, 6) is 0.139. The maximum atomic E-state index is 13.0. The maximum absolute atomic E-state index is 13.0. The van der Waals surface area contributed by atoms with Crippen LogP contribution in [0.15, 0.2) is 22.7 Å². The first-order valence-electron chi connectivity index (χ1n) is 6.55. The van der Waals surface area contributed by atoms with Gasteiger partial charge in [0.2, 0.25) is 0 Å². The smallest absolute Gasteiger partial charge is 0.140 e. The predicted octanol–water partition coefficient (Wildman–Crippen LogP) is 4.92. The van der Waals surface area contributed by atoms with Crippen LogP contribution in [0, 0.1) is 11.7 Å².